The molecule has 1 aromatic rings. The van der Waals surface area contributed by atoms with Crippen LogP contribution in [0, 0.1) is 0 Å². The lowest BCUT2D eigenvalue weighted by atomic mass is 9.77. The predicted molar refractivity (Wildman–Crippen MR) is 84.2 cm³/mol. The van der Waals surface area contributed by atoms with Gasteiger partial charge < -0.3 is 19.2 Å². The van der Waals surface area contributed by atoms with Crippen molar-refractivity contribution >= 4 is 12.6 Å². The van der Waals surface area contributed by atoms with E-state index in [1.165, 1.54) is 0 Å². The molecule has 4 nitrogen and oxygen atoms in total. The Labute approximate surface area is 127 Å². The van der Waals surface area contributed by atoms with Crippen molar-refractivity contribution in [2.45, 2.75) is 65.3 Å². The molecule has 116 valence electrons. The van der Waals surface area contributed by atoms with Crippen LogP contribution < -0.4 is 10.2 Å². The molecule has 1 fully saturated rings. The fourth-order valence-corrected chi connectivity index (χ4v) is 2.15. The molecule has 0 atom stereocenters. The number of rotatable bonds is 2. The maximum absolute atomic E-state index is 10.2. The summed E-state index contributed by atoms with van der Waals surface area (Å²) in [6.45, 7) is 13.8. The molecular formula is C16H25BO4. The normalized spacial score (nSPS) is 20.6. The molecule has 0 aliphatic carbocycles. The van der Waals surface area contributed by atoms with Gasteiger partial charge in [0.05, 0.1) is 16.7 Å². The topological polar surface area (TPSA) is 47.9 Å². The molecule has 0 aromatic heterocycles. The highest BCUT2D eigenvalue weighted by molar-refractivity contribution is 6.64. The largest absolute Gasteiger partial charge is 0.508 e. The van der Waals surface area contributed by atoms with E-state index in [9.17, 15) is 5.11 Å². The lowest BCUT2D eigenvalue weighted by molar-refractivity contribution is 0.00578. The highest BCUT2D eigenvalue weighted by Crippen LogP contribution is 2.38. The first-order chi connectivity index (χ1) is 9.43. The minimum Gasteiger partial charge on any atom is -0.508 e. The lowest BCUT2D eigenvalue weighted by Gasteiger charge is -2.32. The van der Waals surface area contributed by atoms with E-state index in [2.05, 4.69) is 0 Å². The summed E-state index contributed by atoms with van der Waals surface area (Å²) in [5.41, 5.74) is -0.740. The molecular weight excluding hydrogens is 267 g/mol. The van der Waals surface area contributed by atoms with Crippen molar-refractivity contribution in [3.63, 3.8) is 0 Å². The molecule has 1 aliphatic heterocycles. The molecule has 0 saturated carbocycles. The average molecular weight is 292 g/mol. The van der Waals surface area contributed by atoms with Crippen LogP contribution >= 0.6 is 0 Å². The van der Waals surface area contributed by atoms with Gasteiger partial charge in [0.2, 0.25) is 0 Å². The molecule has 1 aliphatic rings. The molecule has 1 aromatic carbocycles. The fraction of sp³-hybridized carbons (Fsp3) is 0.625. The van der Waals surface area contributed by atoms with Crippen LogP contribution in [0.1, 0.15) is 48.5 Å². The zero-order valence-electron chi connectivity index (χ0n) is 14.0. The van der Waals surface area contributed by atoms with Gasteiger partial charge in [0.25, 0.3) is 0 Å². The van der Waals surface area contributed by atoms with Crippen LogP contribution in [0.5, 0.6) is 11.5 Å². The van der Waals surface area contributed by atoms with E-state index >= 15 is 0 Å². The third kappa shape index (κ3) is 3.19. The highest BCUT2D eigenvalue weighted by Gasteiger charge is 2.53. The van der Waals surface area contributed by atoms with E-state index in [1.807, 2.05) is 54.5 Å². The average Bonchev–Trinajstić information content (AvgIpc) is 2.45. The summed E-state index contributed by atoms with van der Waals surface area (Å²) in [6.07, 6.45) is 0. The number of hydrogen-bond donors (Lipinski definition) is 1. The summed E-state index contributed by atoms with van der Waals surface area (Å²) in [5.74, 6) is 0.705. The predicted octanol–water partition coefficient (Wildman–Crippen LogP) is 2.87. The van der Waals surface area contributed by atoms with E-state index in [1.54, 1.807) is 12.1 Å². The van der Waals surface area contributed by atoms with Crippen LogP contribution in [-0.4, -0.2) is 29.0 Å². The van der Waals surface area contributed by atoms with Crippen LogP contribution in [0.4, 0.5) is 0 Å². The van der Waals surface area contributed by atoms with Crippen LogP contribution in [-0.2, 0) is 9.31 Å². The monoisotopic (exact) mass is 292 g/mol. The van der Waals surface area contributed by atoms with Gasteiger partial charge in [0, 0.05) is 0 Å². The van der Waals surface area contributed by atoms with Gasteiger partial charge in [0.1, 0.15) is 17.1 Å². The molecule has 5 heteroatoms. The molecule has 0 radical (unpaired) electrons. The number of hydrogen-bond acceptors (Lipinski definition) is 4. The van der Waals surface area contributed by atoms with Crippen LogP contribution in [0.2, 0.25) is 0 Å². The minimum atomic E-state index is -0.645. The van der Waals surface area contributed by atoms with E-state index in [0.717, 1.165) is 0 Å². The Morgan fingerprint density at radius 3 is 2.05 bits per heavy atom. The summed E-state index contributed by atoms with van der Waals surface area (Å²) >= 11 is 0. The smallest absolute Gasteiger partial charge is 0.502 e. The summed E-state index contributed by atoms with van der Waals surface area (Å²) < 4.78 is 18.0. The quantitative estimate of drug-likeness (QED) is 0.851. The summed E-state index contributed by atoms with van der Waals surface area (Å²) in [6, 6.07) is 5.20. The first-order valence-electron chi connectivity index (χ1n) is 7.29. The number of ether oxygens (including phenoxy) is 1. The van der Waals surface area contributed by atoms with Gasteiger partial charge >= 0.3 is 7.12 Å². The van der Waals surface area contributed by atoms with Gasteiger partial charge in [-0.15, -0.1) is 0 Å². The molecule has 0 spiro atoms. The summed E-state index contributed by atoms with van der Waals surface area (Å²) in [5, 5.41) is 10.2. The summed E-state index contributed by atoms with van der Waals surface area (Å²) in [4.78, 5) is 0. The molecule has 1 saturated heterocycles. The zero-order valence-corrected chi connectivity index (χ0v) is 14.0. The Morgan fingerprint density at radius 1 is 1.05 bits per heavy atom. The minimum absolute atomic E-state index is 0.121. The third-order valence-electron chi connectivity index (χ3n) is 3.95. The molecule has 0 unspecified atom stereocenters. The molecule has 1 N–H and O–H groups in total. The fourth-order valence-electron chi connectivity index (χ4n) is 2.15. The van der Waals surface area contributed by atoms with E-state index in [4.69, 9.17) is 14.0 Å². The standard InChI is InChI=1S/C16H25BO4/c1-14(2,3)19-12-10-8-9-11(18)13(12)17-20-15(4,5)16(6,7)21-17/h8-10,18H,1-7H3. The summed E-state index contributed by atoms with van der Waals surface area (Å²) in [7, 11) is -0.645. The number of aromatic hydroxyl groups is 1. The van der Waals surface area contributed by atoms with Crippen molar-refractivity contribution in [2.24, 2.45) is 0 Å². The number of benzene rings is 1. The van der Waals surface area contributed by atoms with Crippen LogP contribution in [0.3, 0.4) is 0 Å². The van der Waals surface area contributed by atoms with Crippen molar-refractivity contribution in [3.05, 3.63) is 18.2 Å². The molecule has 2 rings (SSSR count). The van der Waals surface area contributed by atoms with Crippen molar-refractivity contribution in [1.82, 2.24) is 0 Å². The van der Waals surface area contributed by atoms with Crippen molar-refractivity contribution < 1.29 is 19.2 Å². The zero-order chi connectivity index (χ0) is 16.1. The first kappa shape index (κ1) is 16.2. The van der Waals surface area contributed by atoms with Crippen LogP contribution in [0.15, 0.2) is 18.2 Å². The molecule has 1 heterocycles. The van der Waals surface area contributed by atoms with Gasteiger partial charge in [-0.2, -0.15) is 0 Å². The van der Waals surface area contributed by atoms with E-state index < -0.39 is 18.3 Å². The van der Waals surface area contributed by atoms with Crippen molar-refractivity contribution in [2.75, 3.05) is 0 Å². The highest BCUT2D eigenvalue weighted by atomic mass is 16.7. The Balaban J connectivity index is 2.41. The SMILES string of the molecule is CC(C)(C)Oc1cccc(O)c1B1OC(C)(C)C(C)(C)O1. The second kappa shape index (κ2) is 4.92. The van der Waals surface area contributed by atoms with Crippen molar-refractivity contribution in [1.29, 1.82) is 0 Å². The second-order valence-corrected chi connectivity index (χ2v) is 7.49. The molecule has 21 heavy (non-hydrogen) atoms. The van der Waals surface area contributed by atoms with Gasteiger partial charge in [-0.25, -0.2) is 0 Å². The Bertz CT molecular complexity index is 516. The van der Waals surface area contributed by atoms with Crippen LogP contribution in [0.25, 0.3) is 0 Å². The van der Waals surface area contributed by atoms with Gasteiger partial charge in [-0.05, 0) is 60.6 Å². The second-order valence-electron chi connectivity index (χ2n) is 7.49. The number of phenolic OH excluding ortho intramolecular Hbond substituents is 1. The molecule has 0 amide bonds. The van der Waals surface area contributed by atoms with E-state index in [-0.39, 0.29) is 11.4 Å². The Morgan fingerprint density at radius 2 is 1.57 bits per heavy atom. The first-order valence-corrected chi connectivity index (χ1v) is 7.29. The lowest BCUT2D eigenvalue weighted by Crippen LogP contribution is -2.41. The maximum Gasteiger partial charge on any atom is 0.502 e. The molecule has 0 bridgehead atoms. The van der Waals surface area contributed by atoms with Gasteiger partial charge in [0.15, 0.2) is 0 Å². The number of phenols is 1. The third-order valence-corrected chi connectivity index (χ3v) is 3.95. The van der Waals surface area contributed by atoms with E-state index in [0.29, 0.717) is 11.2 Å². The van der Waals surface area contributed by atoms with Gasteiger partial charge in [-0.1, -0.05) is 6.07 Å². The van der Waals surface area contributed by atoms with Crippen molar-refractivity contribution in [3.8, 4) is 11.5 Å². The maximum atomic E-state index is 10.2. The Hall–Kier alpha value is -1.20. The van der Waals surface area contributed by atoms with Gasteiger partial charge in [-0.3, -0.25) is 0 Å². The Kier molecular flexibility index (Phi) is 3.79.